The number of phenolic OH excluding ortho intramolecular Hbond substituents is 1. The zero-order valence-corrected chi connectivity index (χ0v) is 19.1. The molecule has 8 rings (SSSR count). The van der Waals surface area contributed by atoms with Crippen molar-refractivity contribution < 1.29 is 9.84 Å². The Bertz CT molecular complexity index is 1150. The molecule has 2 saturated heterocycles. The summed E-state index contributed by atoms with van der Waals surface area (Å²) in [6.45, 7) is 3.52. The molecular formula is C28H32N2O2. The lowest BCUT2D eigenvalue weighted by Gasteiger charge is -2.73. The number of nitrogens with one attached hydrogen (secondary N) is 1. The molecule has 2 aromatic rings. The largest absolute Gasteiger partial charge is 0.508 e. The molecule has 2 N–H and O–H groups in total. The number of aromatic hydroxyl groups is 1. The predicted octanol–water partition coefficient (Wildman–Crippen LogP) is 3.95. The molecule has 7 atom stereocenters. The normalized spacial score (nSPS) is 45.5. The van der Waals surface area contributed by atoms with Gasteiger partial charge in [0.15, 0.2) is 0 Å². The van der Waals surface area contributed by atoms with Gasteiger partial charge in [0.25, 0.3) is 0 Å². The minimum atomic E-state index is -0.379. The van der Waals surface area contributed by atoms with Crippen LogP contribution in [0, 0.1) is 10.8 Å². The molecule has 4 aliphatic carbocycles. The van der Waals surface area contributed by atoms with Crippen LogP contribution < -0.4 is 5.32 Å². The van der Waals surface area contributed by atoms with E-state index in [-0.39, 0.29) is 33.9 Å². The number of likely N-dealkylation sites (tertiary alicyclic amines) is 1. The molecule has 32 heavy (non-hydrogen) atoms. The first-order valence-electron chi connectivity index (χ1n) is 12.0. The summed E-state index contributed by atoms with van der Waals surface area (Å²) in [5.74, 6) is 0.378. The van der Waals surface area contributed by atoms with Gasteiger partial charge >= 0.3 is 0 Å². The summed E-state index contributed by atoms with van der Waals surface area (Å²) >= 11 is 0. The van der Waals surface area contributed by atoms with Crippen molar-refractivity contribution in [3.05, 3.63) is 77.4 Å². The minimum absolute atomic E-state index is 0.0248. The Balaban J connectivity index is 1.55. The number of fused-ring (bicyclic) bond motifs is 1. The lowest BCUT2D eigenvalue weighted by Crippen LogP contribution is -2.80. The molecule has 2 aromatic carbocycles. The highest BCUT2D eigenvalue weighted by Gasteiger charge is 2.81. The summed E-state index contributed by atoms with van der Waals surface area (Å²) in [7, 11) is 4.21. The topological polar surface area (TPSA) is 44.7 Å². The summed E-state index contributed by atoms with van der Waals surface area (Å²) in [5, 5.41) is 14.8. The molecular weight excluding hydrogens is 396 g/mol. The number of ether oxygens (including phenoxy) is 1. The predicted molar refractivity (Wildman–Crippen MR) is 125 cm³/mol. The molecule has 0 amide bonds. The van der Waals surface area contributed by atoms with Crippen molar-refractivity contribution in [1.82, 2.24) is 10.2 Å². The van der Waals surface area contributed by atoms with Crippen LogP contribution in [-0.4, -0.2) is 48.4 Å². The van der Waals surface area contributed by atoms with E-state index < -0.39 is 0 Å². The van der Waals surface area contributed by atoms with Gasteiger partial charge in [0.2, 0.25) is 0 Å². The van der Waals surface area contributed by atoms with E-state index >= 15 is 0 Å². The Kier molecular flexibility index (Phi) is 3.54. The maximum atomic E-state index is 10.6. The van der Waals surface area contributed by atoms with Gasteiger partial charge < -0.3 is 20.1 Å². The molecule has 2 aliphatic heterocycles. The number of rotatable bonds is 2. The van der Waals surface area contributed by atoms with Crippen LogP contribution in [0.2, 0.25) is 0 Å². The highest BCUT2D eigenvalue weighted by molar-refractivity contribution is 5.57. The second-order valence-electron chi connectivity index (χ2n) is 11.2. The molecule has 4 nitrogen and oxygen atoms in total. The number of phenols is 1. The third-order valence-electron chi connectivity index (χ3n) is 10.3. The van der Waals surface area contributed by atoms with Gasteiger partial charge in [-0.15, -0.1) is 0 Å². The molecule has 0 unspecified atom stereocenters. The van der Waals surface area contributed by atoms with Crippen LogP contribution in [0.3, 0.4) is 0 Å². The van der Waals surface area contributed by atoms with Gasteiger partial charge in [0.1, 0.15) is 11.4 Å². The van der Waals surface area contributed by atoms with E-state index in [1.807, 2.05) is 13.2 Å². The number of likely N-dealkylation sites (N-methyl/N-ethyl adjacent to an activating group) is 1. The highest BCUT2D eigenvalue weighted by atomic mass is 16.5. The summed E-state index contributed by atoms with van der Waals surface area (Å²) in [5.41, 5.74) is 3.58. The monoisotopic (exact) mass is 428 g/mol. The smallest absolute Gasteiger partial charge is 0.115 e. The molecule has 166 valence electrons. The maximum absolute atomic E-state index is 10.6. The Morgan fingerprint density at radius 2 is 1.94 bits per heavy atom. The zero-order valence-electron chi connectivity index (χ0n) is 19.1. The second kappa shape index (κ2) is 5.85. The number of benzene rings is 2. The zero-order chi connectivity index (χ0) is 21.9. The standard InChI is InChI=1S/C28H32N2O2/c1-25-17-26-11-12-28(25,32-3)24(29-23(25)18-7-5-4-6-8-18)27(26)13-14-30(2)22(26)15-19-9-10-20(31)16-21(19)27/h4-12,16,22-24,29,31H,13-15,17H2,1-3H3/t22-,23+,24+,25+,26-,27+,28+/m1/s1. The SMILES string of the molecule is CO[C@]12C=C[C@]34C[C@@]1(C)[C@H](c1ccccc1)N[C@H]2[C@@]31CCN(C)[C@@H]4Cc2ccc(O)cc21. The summed E-state index contributed by atoms with van der Waals surface area (Å²) in [4.78, 5) is 2.60. The molecule has 0 radical (unpaired) electrons. The van der Waals surface area contributed by atoms with E-state index in [1.54, 1.807) is 0 Å². The summed E-state index contributed by atoms with van der Waals surface area (Å²) in [6, 6.07) is 17.9. The fourth-order valence-electron chi connectivity index (χ4n) is 9.16. The van der Waals surface area contributed by atoms with Crippen LogP contribution in [0.25, 0.3) is 0 Å². The van der Waals surface area contributed by atoms with Gasteiger partial charge in [-0.2, -0.15) is 0 Å². The maximum Gasteiger partial charge on any atom is 0.115 e. The number of hydrogen-bond acceptors (Lipinski definition) is 4. The van der Waals surface area contributed by atoms with Crippen molar-refractivity contribution in [2.24, 2.45) is 10.8 Å². The van der Waals surface area contributed by atoms with Crippen molar-refractivity contribution in [2.75, 3.05) is 20.7 Å². The lowest BCUT2D eigenvalue weighted by molar-refractivity contribution is -0.192. The van der Waals surface area contributed by atoms with E-state index in [0.717, 1.165) is 25.8 Å². The van der Waals surface area contributed by atoms with Crippen LogP contribution in [0.4, 0.5) is 0 Å². The van der Waals surface area contributed by atoms with Crippen molar-refractivity contribution in [2.45, 2.75) is 55.3 Å². The Morgan fingerprint density at radius 3 is 2.72 bits per heavy atom. The van der Waals surface area contributed by atoms with Crippen LogP contribution >= 0.6 is 0 Å². The average Bonchev–Trinajstić information content (AvgIpc) is 3.02. The Morgan fingerprint density at radius 1 is 1.12 bits per heavy atom. The van der Waals surface area contributed by atoms with Gasteiger partial charge in [-0.25, -0.2) is 0 Å². The van der Waals surface area contributed by atoms with Crippen molar-refractivity contribution in [3.63, 3.8) is 0 Å². The van der Waals surface area contributed by atoms with Crippen LogP contribution in [0.1, 0.15) is 42.5 Å². The van der Waals surface area contributed by atoms with Gasteiger partial charge in [-0.1, -0.05) is 55.5 Å². The molecule has 0 aromatic heterocycles. The van der Waals surface area contributed by atoms with Crippen LogP contribution in [-0.2, 0) is 16.6 Å². The van der Waals surface area contributed by atoms with E-state index in [4.69, 9.17) is 4.74 Å². The Labute approximate surface area is 190 Å². The fraction of sp³-hybridized carbons (Fsp3) is 0.500. The second-order valence-corrected chi connectivity index (χ2v) is 11.2. The van der Waals surface area contributed by atoms with Gasteiger partial charge in [-0.05, 0) is 61.7 Å². The van der Waals surface area contributed by atoms with Crippen LogP contribution in [0.5, 0.6) is 5.75 Å². The van der Waals surface area contributed by atoms with E-state index in [9.17, 15) is 5.11 Å². The van der Waals surface area contributed by atoms with Crippen LogP contribution in [0.15, 0.2) is 60.7 Å². The highest BCUT2D eigenvalue weighted by Crippen LogP contribution is 2.77. The van der Waals surface area contributed by atoms with Gasteiger partial charge in [0, 0.05) is 35.4 Å². The average molecular weight is 429 g/mol. The van der Waals surface area contributed by atoms with Crippen molar-refractivity contribution >= 4 is 0 Å². The van der Waals surface area contributed by atoms with E-state index in [0.29, 0.717) is 11.8 Å². The number of piperidine rings is 1. The molecule has 1 saturated carbocycles. The molecule has 6 aliphatic rings. The quantitative estimate of drug-likeness (QED) is 0.711. The third-order valence-corrected chi connectivity index (χ3v) is 10.3. The lowest BCUT2D eigenvalue weighted by atomic mass is 9.34. The number of hydrogen-bond donors (Lipinski definition) is 2. The van der Waals surface area contributed by atoms with Crippen molar-refractivity contribution in [3.8, 4) is 5.75 Å². The van der Waals surface area contributed by atoms with Crippen molar-refractivity contribution in [1.29, 1.82) is 0 Å². The summed E-state index contributed by atoms with van der Waals surface area (Å²) in [6.07, 6.45) is 8.15. The molecule has 3 fully saturated rings. The molecule has 6 bridgehead atoms. The first-order valence-corrected chi connectivity index (χ1v) is 12.0. The Hall–Kier alpha value is -2.14. The number of methoxy groups -OCH3 is 1. The molecule has 2 heterocycles. The first kappa shape index (κ1) is 19.3. The van der Waals surface area contributed by atoms with E-state index in [1.165, 1.54) is 16.7 Å². The molecule has 4 heteroatoms. The van der Waals surface area contributed by atoms with E-state index in [2.05, 4.69) is 78.8 Å². The van der Waals surface area contributed by atoms with Gasteiger partial charge in [0.05, 0.1) is 6.04 Å². The van der Waals surface area contributed by atoms with Gasteiger partial charge in [-0.3, -0.25) is 0 Å². The first-order chi connectivity index (χ1) is 15.4. The third kappa shape index (κ3) is 1.83. The minimum Gasteiger partial charge on any atom is -0.508 e. The fourth-order valence-corrected chi connectivity index (χ4v) is 9.16. The molecule has 1 spiro atoms. The summed E-state index contributed by atoms with van der Waals surface area (Å²) < 4.78 is 6.59. The number of nitrogens with zero attached hydrogens (tertiary/aromatic N) is 1.